The van der Waals surface area contributed by atoms with Crippen LogP contribution in [0.3, 0.4) is 0 Å². The number of pyridine rings is 1. The molecule has 0 bridgehead atoms. The van der Waals surface area contributed by atoms with Gasteiger partial charge < -0.3 is 15.0 Å². The minimum absolute atomic E-state index is 0.0824. The van der Waals surface area contributed by atoms with Gasteiger partial charge in [-0.25, -0.2) is 13.7 Å². The van der Waals surface area contributed by atoms with Crippen LogP contribution < -0.4 is 15.5 Å². The Kier molecular flexibility index (Phi) is 6.01. The lowest BCUT2D eigenvalue weighted by Gasteiger charge is -2.18. The number of halogens is 1. The highest BCUT2D eigenvalue weighted by atomic mass is 19.1. The molecule has 0 spiro atoms. The second-order valence-corrected chi connectivity index (χ2v) is 8.76. The van der Waals surface area contributed by atoms with Gasteiger partial charge in [0.25, 0.3) is 5.95 Å². The van der Waals surface area contributed by atoms with E-state index < -0.39 is 6.09 Å². The number of nitrogens with zero attached hydrogens (tertiary/aromatic N) is 4. The van der Waals surface area contributed by atoms with Crippen LogP contribution in [-0.4, -0.2) is 47.3 Å². The van der Waals surface area contributed by atoms with Gasteiger partial charge in [-0.3, -0.25) is 10.1 Å². The molecule has 0 saturated heterocycles. The molecule has 0 aliphatic carbocycles. The summed E-state index contributed by atoms with van der Waals surface area (Å²) in [5, 5.41) is 9.73. The Balaban J connectivity index is 1.40. The number of rotatable bonds is 5. The van der Waals surface area contributed by atoms with E-state index in [9.17, 15) is 14.0 Å². The molecule has 2 N–H and O–H groups in total. The number of hydrogen-bond donors (Lipinski definition) is 2. The smallest absolute Gasteiger partial charge is 0.413 e. The second-order valence-electron chi connectivity index (χ2n) is 8.76. The number of likely N-dealkylation sites (N-methyl/N-ethyl adjacent to an activating group) is 1. The quantitative estimate of drug-likeness (QED) is 0.438. The van der Waals surface area contributed by atoms with Crippen molar-refractivity contribution in [1.82, 2.24) is 19.9 Å². The number of hydrogen-bond acceptors (Lipinski definition) is 6. The first-order chi connectivity index (χ1) is 17.3. The maximum atomic E-state index is 13.3. The Hall–Kier alpha value is -4.47. The molecule has 1 aliphatic heterocycles. The van der Waals surface area contributed by atoms with Gasteiger partial charge in [0.1, 0.15) is 5.82 Å². The van der Waals surface area contributed by atoms with E-state index in [0.717, 1.165) is 27.9 Å². The zero-order chi connectivity index (χ0) is 25.4. The molecule has 1 aliphatic rings. The number of benzene rings is 2. The summed E-state index contributed by atoms with van der Waals surface area (Å²) in [6.45, 7) is 2.45. The normalized spacial score (nSPS) is 15.4. The molecule has 4 aromatic rings. The first-order valence-corrected chi connectivity index (χ1v) is 11.4. The van der Waals surface area contributed by atoms with Crippen LogP contribution in [0.4, 0.5) is 20.8 Å². The largest absolute Gasteiger partial charge is 0.453 e. The molecule has 1 unspecified atom stereocenters. The maximum absolute atomic E-state index is 13.3. The van der Waals surface area contributed by atoms with Gasteiger partial charge >= 0.3 is 6.09 Å². The first-order valence-electron chi connectivity index (χ1n) is 11.4. The third kappa shape index (κ3) is 4.45. The highest BCUT2D eigenvalue weighted by Crippen LogP contribution is 2.38. The van der Waals surface area contributed by atoms with Crippen LogP contribution in [0, 0.1) is 5.82 Å². The first kappa shape index (κ1) is 23.3. The van der Waals surface area contributed by atoms with E-state index in [2.05, 4.69) is 30.4 Å². The molecule has 2 aromatic heterocycles. The van der Waals surface area contributed by atoms with Gasteiger partial charge in [-0.05, 0) is 65.6 Å². The van der Waals surface area contributed by atoms with Crippen LogP contribution in [0.1, 0.15) is 30.0 Å². The fourth-order valence-corrected chi connectivity index (χ4v) is 4.46. The maximum Gasteiger partial charge on any atom is 0.413 e. The Bertz CT molecular complexity index is 1450. The van der Waals surface area contributed by atoms with E-state index in [0.29, 0.717) is 12.2 Å². The van der Waals surface area contributed by atoms with Crippen molar-refractivity contribution in [3.63, 3.8) is 0 Å². The molecule has 2 aromatic carbocycles. The number of nitrogens with one attached hydrogen (secondary N) is 2. The van der Waals surface area contributed by atoms with Gasteiger partial charge in [-0.1, -0.05) is 18.2 Å². The molecule has 5 rings (SSSR count). The lowest BCUT2D eigenvalue weighted by molar-refractivity contribution is -0.122. The molecule has 0 fully saturated rings. The van der Waals surface area contributed by atoms with E-state index in [4.69, 9.17) is 0 Å². The summed E-state index contributed by atoms with van der Waals surface area (Å²) in [5.41, 5.74) is 5.17. The number of carbonyl (C=O) groups excluding carboxylic acids is 2. The van der Waals surface area contributed by atoms with Crippen molar-refractivity contribution in [3.8, 4) is 11.1 Å². The third-order valence-corrected chi connectivity index (χ3v) is 6.39. The third-order valence-electron chi connectivity index (χ3n) is 6.39. The highest BCUT2D eigenvalue weighted by molar-refractivity contribution is 5.90. The summed E-state index contributed by atoms with van der Waals surface area (Å²) in [6.07, 6.45) is 1.11. The van der Waals surface area contributed by atoms with Crippen LogP contribution in [-0.2, 0) is 9.53 Å². The van der Waals surface area contributed by atoms with Crippen molar-refractivity contribution in [2.45, 2.75) is 18.9 Å². The van der Waals surface area contributed by atoms with Gasteiger partial charge in [0.05, 0.1) is 19.1 Å². The minimum atomic E-state index is -0.646. The fourth-order valence-electron chi connectivity index (χ4n) is 4.46. The van der Waals surface area contributed by atoms with Crippen LogP contribution in [0.15, 0.2) is 60.8 Å². The highest BCUT2D eigenvalue weighted by Gasteiger charge is 2.33. The van der Waals surface area contributed by atoms with E-state index >= 15 is 0 Å². The van der Waals surface area contributed by atoms with E-state index in [1.54, 1.807) is 22.8 Å². The van der Waals surface area contributed by atoms with Crippen LogP contribution in [0.5, 0.6) is 0 Å². The Labute approximate surface area is 206 Å². The molecule has 184 valence electrons. The lowest BCUT2D eigenvalue weighted by atomic mass is 9.95. The van der Waals surface area contributed by atoms with Crippen molar-refractivity contribution in [1.29, 1.82) is 0 Å². The minimum Gasteiger partial charge on any atom is -0.453 e. The Morgan fingerprint density at radius 2 is 1.86 bits per heavy atom. The van der Waals surface area contributed by atoms with Gasteiger partial charge in [-0.2, -0.15) is 4.98 Å². The summed E-state index contributed by atoms with van der Waals surface area (Å²) in [6, 6.07) is 15.7. The number of anilines is 2. The Morgan fingerprint density at radius 3 is 2.61 bits per heavy atom. The standard InChI is InChI=1S/C26H25FN6O3/c1-15(16-4-7-19(27)8-5-16)28-24(34)21-14-32(2)22-9-6-17(12-20(21)22)18-10-11-33-23(13-18)29-25(31-33)30-26(35)36-3/h4-13,15,21H,14H2,1-3H3,(H,28,34)(H,30,31,35)/t15-,21?/m0/s1. The zero-order valence-corrected chi connectivity index (χ0v) is 20.0. The number of carbonyl (C=O) groups is 2. The van der Waals surface area contributed by atoms with Crippen LogP contribution in [0.25, 0.3) is 16.8 Å². The summed E-state index contributed by atoms with van der Waals surface area (Å²) < 4.78 is 19.4. The van der Waals surface area contributed by atoms with E-state index in [1.165, 1.54) is 19.2 Å². The SMILES string of the molecule is COC(=O)Nc1nc2cc(-c3ccc4c(c3)C(C(=O)N[C@@H](C)c3ccc(F)cc3)CN4C)ccn2n1. The molecular weight excluding hydrogens is 463 g/mol. The zero-order valence-electron chi connectivity index (χ0n) is 20.0. The molecule has 3 heterocycles. The van der Waals surface area contributed by atoms with Crippen LogP contribution in [0.2, 0.25) is 0 Å². The monoisotopic (exact) mass is 488 g/mol. The summed E-state index contributed by atoms with van der Waals surface area (Å²) >= 11 is 0. The molecular formula is C26H25FN6O3. The number of aromatic nitrogens is 3. The van der Waals surface area contributed by atoms with Crippen molar-refractivity contribution >= 4 is 29.3 Å². The Morgan fingerprint density at radius 1 is 1.11 bits per heavy atom. The van der Waals surface area contributed by atoms with Crippen LogP contribution >= 0.6 is 0 Å². The summed E-state index contributed by atoms with van der Waals surface area (Å²) in [4.78, 5) is 31.1. The topological polar surface area (TPSA) is 101 Å². The fraction of sp³-hybridized carbons (Fsp3) is 0.231. The number of amides is 2. The number of ether oxygens (including phenoxy) is 1. The van der Waals surface area contributed by atoms with Crippen molar-refractivity contribution in [2.24, 2.45) is 0 Å². The predicted molar refractivity (Wildman–Crippen MR) is 133 cm³/mol. The lowest BCUT2D eigenvalue weighted by Crippen LogP contribution is -2.33. The molecule has 2 amide bonds. The van der Waals surface area contributed by atoms with Gasteiger partial charge in [0.15, 0.2) is 5.65 Å². The predicted octanol–water partition coefficient (Wildman–Crippen LogP) is 4.12. The average Bonchev–Trinajstić information content (AvgIpc) is 3.43. The van der Waals surface area contributed by atoms with E-state index in [-0.39, 0.29) is 29.6 Å². The molecule has 0 saturated carbocycles. The molecule has 10 heteroatoms. The number of fused-ring (bicyclic) bond motifs is 2. The van der Waals surface area contributed by atoms with Crippen molar-refractivity contribution in [2.75, 3.05) is 30.9 Å². The summed E-state index contributed by atoms with van der Waals surface area (Å²) in [7, 11) is 3.23. The average molecular weight is 489 g/mol. The van der Waals surface area contributed by atoms with Gasteiger partial charge in [0, 0.05) is 25.5 Å². The van der Waals surface area contributed by atoms with Gasteiger partial charge in [0.2, 0.25) is 5.91 Å². The molecule has 0 radical (unpaired) electrons. The molecule has 9 nitrogen and oxygen atoms in total. The summed E-state index contributed by atoms with van der Waals surface area (Å²) in [5.74, 6) is -0.598. The van der Waals surface area contributed by atoms with E-state index in [1.807, 2.05) is 44.3 Å². The van der Waals surface area contributed by atoms with Gasteiger partial charge in [-0.15, -0.1) is 5.10 Å². The second kappa shape index (κ2) is 9.29. The molecule has 36 heavy (non-hydrogen) atoms. The number of methoxy groups -OCH3 is 1. The van der Waals surface area contributed by atoms with Crippen molar-refractivity contribution < 1.29 is 18.7 Å². The van der Waals surface area contributed by atoms with Crippen molar-refractivity contribution in [3.05, 3.63) is 77.7 Å². The molecule has 2 atom stereocenters.